The highest BCUT2D eigenvalue weighted by Crippen LogP contribution is 2.22. The Bertz CT molecular complexity index is 933. The number of imidazole rings is 1. The van der Waals surface area contributed by atoms with Gasteiger partial charge in [0.25, 0.3) is 0 Å². The van der Waals surface area contributed by atoms with E-state index in [1.54, 1.807) is 11.3 Å². The summed E-state index contributed by atoms with van der Waals surface area (Å²) < 4.78 is 7.93. The third-order valence-corrected chi connectivity index (χ3v) is 4.88. The third-order valence-electron chi connectivity index (χ3n) is 4.11. The molecule has 0 spiro atoms. The van der Waals surface area contributed by atoms with Gasteiger partial charge >= 0.3 is 0 Å². The van der Waals surface area contributed by atoms with E-state index in [-0.39, 0.29) is 6.04 Å². The summed E-state index contributed by atoms with van der Waals surface area (Å²) in [5.74, 6) is 0.836. The first kappa shape index (κ1) is 15.9. The van der Waals surface area contributed by atoms with Crippen LogP contribution in [0.1, 0.15) is 22.9 Å². The number of hydrogen-bond acceptors (Lipinski definition) is 4. The molecule has 25 heavy (non-hydrogen) atoms. The minimum atomic E-state index is -0.107. The van der Waals surface area contributed by atoms with E-state index in [0.717, 1.165) is 27.5 Å². The minimum Gasteiger partial charge on any atom is -0.489 e. The van der Waals surface area contributed by atoms with Crippen LogP contribution in [-0.4, -0.2) is 9.38 Å². The van der Waals surface area contributed by atoms with Crippen LogP contribution in [0.2, 0.25) is 0 Å². The number of hydrogen-bond donors (Lipinski definition) is 1. The predicted octanol–water partition coefficient (Wildman–Crippen LogP) is 4.22. The largest absolute Gasteiger partial charge is 0.489 e. The molecular weight excluding hydrogens is 330 g/mol. The van der Waals surface area contributed by atoms with Crippen molar-refractivity contribution in [3.63, 3.8) is 0 Å². The van der Waals surface area contributed by atoms with E-state index >= 15 is 0 Å². The number of nitrogens with two attached hydrogens (primary N) is 1. The number of benzene rings is 2. The number of fused-ring (bicyclic) bond motifs is 1. The van der Waals surface area contributed by atoms with Crippen LogP contribution in [0.4, 0.5) is 0 Å². The molecule has 126 valence electrons. The fourth-order valence-electron chi connectivity index (χ4n) is 2.79. The summed E-state index contributed by atoms with van der Waals surface area (Å²) in [6, 6.07) is 18.0. The van der Waals surface area contributed by atoms with Gasteiger partial charge in [0.05, 0.1) is 5.69 Å². The fourth-order valence-corrected chi connectivity index (χ4v) is 3.51. The maximum Gasteiger partial charge on any atom is 0.193 e. The molecule has 0 saturated heterocycles. The Hall–Kier alpha value is -2.63. The normalized spacial score (nSPS) is 12.4. The fraction of sp³-hybridized carbons (Fsp3) is 0.150. The summed E-state index contributed by atoms with van der Waals surface area (Å²) in [4.78, 5) is 5.61. The van der Waals surface area contributed by atoms with Gasteiger partial charge in [0.1, 0.15) is 12.4 Å². The SMILES string of the molecule is NC(Cc1cn2ccsc2n1)c1cccc(OCc2ccccc2)c1. The lowest BCUT2D eigenvalue weighted by Gasteiger charge is -2.13. The van der Waals surface area contributed by atoms with Crippen molar-refractivity contribution in [1.29, 1.82) is 0 Å². The average molecular weight is 349 g/mol. The van der Waals surface area contributed by atoms with E-state index < -0.39 is 0 Å². The van der Waals surface area contributed by atoms with Gasteiger partial charge in [0.15, 0.2) is 4.96 Å². The monoisotopic (exact) mass is 349 g/mol. The van der Waals surface area contributed by atoms with Crippen molar-refractivity contribution in [2.24, 2.45) is 5.73 Å². The number of ether oxygens (including phenoxy) is 1. The Morgan fingerprint density at radius 1 is 1.12 bits per heavy atom. The molecule has 0 amide bonds. The second-order valence-corrected chi connectivity index (χ2v) is 6.86. The van der Waals surface area contributed by atoms with Gasteiger partial charge < -0.3 is 10.5 Å². The van der Waals surface area contributed by atoms with Crippen molar-refractivity contribution >= 4 is 16.3 Å². The summed E-state index contributed by atoms with van der Waals surface area (Å²) >= 11 is 1.63. The second kappa shape index (κ2) is 7.09. The number of rotatable bonds is 6. The summed E-state index contributed by atoms with van der Waals surface area (Å²) in [5, 5.41) is 2.03. The van der Waals surface area contributed by atoms with Gasteiger partial charge in [-0.2, -0.15) is 0 Å². The number of thiazole rings is 1. The first-order valence-electron chi connectivity index (χ1n) is 8.21. The molecule has 2 aromatic heterocycles. The van der Waals surface area contributed by atoms with Crippen LogP contribution in [-0.2, 0) is 13.0 Å². The zero-order chi connectivity index (χ0) is 17.1. The van der Waals surface area contributed by atoms with Gasteiger partial charge in [0.2, 0.25) is 0 Å². The van der Waals surface area contributed by atoms with Crippen LogP contribution >= 0.6 is 11.3 Å². The molecule has 0 bridgehead atoms. The van der Waals surface area contributed by atoms with Crippen molar-refractivity contribution in [3.05, 3.63) is 89.2 Å². The zero-order valence-electron chi connectivity index (χ0n) is 13.7. The quantitative estimate of drug-likeness (QED) is 0.567. The molecular formula is C20H19N3OS. The van der Waals surface area contributed by atoms with Gasteiger partial charge in [-0.15, -0.1) is 11.3 Å². The van der Waals surface area contributed by atoms with E-state index in [1.165, 1.54) is 0 Å². The van der Waals surface area contributed by atoms with E-state index in [4.69, 9.17) is 10.5 Å². The highest BCUT2D eigenvalue weighted by atomic mass is 32.1. The average Bonchev–Trinajstić information content (AvgIpc) is 3.23. The maximum absolute atomic E-state index is 6.39. The van der Waals surface area contributed by atoms with Crippen LogP contribution in [0.3, 0.4) is 0 Å². The molecule has 5 heteroatoms. The molecule has 0 saturated carbocycles. The number of aromatic nitrogens is 2. The lowest BCUT2D eigenvalue weighted by Crippen LogP contribution is -2.13. The highest BCUT2D eigenvalue weighted by Gasteiger charge is 2.11. The Balaban J connectivity index is 1.43. The van der Waals surface area contributed by atoms with Crippen molar-refractivity contribution in [1.82, 2.24) is 9.38 Å². The first-order valence-corrected chi connectivity index (χ1v) is 9.09. The number of nitrogens with zero attached hydrogens (tertiary/aromatic N) is 2. The standard InChI is InChI=1S/C20H19N3OS/c21-19(12-17-13-23-9-10-25-20(23)22-17)16-7-4-8-18(11-16)24-14-15-5-2-1-3-6-15/h1-11,13,19H,12,14,21H2. The summed E-state index contributed by atoms with van der Waals surface area (Å²) in [5.41, 5.74) is 9.61. The van der Waals surface area contributed by atoms with Crippen LogP contribution in [0, 0.1) is 0 Å². The molecule has 0 aliphatic heterocycles. The van der Waals surface area contributed by atoms with Crippen LogP contribution in [0.25, 0.3) is 4.96 Å². The van der Waals surface area contributed by atoms with Crippen LogP contribution in [0.5, 0.6) is 5.75 Å². The Morgan fingerprint density at radius 2 is 2.00 bits per heavy atom. The molecule has 2 aromatic carbocycles. The molecule has 0 fully saturated rings. The van der Waals surface area contributed by atoms with E-state index in [9.17, 15) is 0 Å². The van der Waals surface area contributed by atoms with E-state index in [0.29, 0.717) is 13.0 Å². The molecule has 4 nitrogen and oxygen atoms in total. The summed E-state index contributed by atoms with van der Waals surface area (Å²) in [7, 11) is 0. The smallest absolute Gasteiger partial charge is 0.193 e. The second-order valence-electron chi connectivity index (χ2n) is 5.98. The lowest BCUT2D eigenvalue weighted by molar-refractivity contribution is 0.305. The van der Waals surface area contributed by atoms with Crippen molar-refractivity contribution in [2.45, 2.75) is 19.1 Å². The van der Waals surface area contributed by atoms with Gasteiger partial charge in [-0.05, 0) is 23.3 Å². The Morgan fingerprint density at radius 3 is 2.84 bits per heavy atom. The third kappa shape index (κ3) is 3.73. The van der Waals surface area contributed by atoms with Crippen LogP contribution in [0.15, 0.2) is 72.4 Å². The highest BCUT2D eigenvalue weighted by molar-refractivity contribution is 7.15. The Kier molecular flexibility index (Phi) is 4.50. The molecule has 0 aliphatic carbocycles. The van der Waals surface area contributed by atoms with Gasteiger partial charge in [-0.25, -0.2) is 4.98 Å². The Labute approximate surface area is 150 Å². The molecule has 0 aliphatic rings. The van der Waals surface area contributed by atoms with Crippen molar-refractivity contribution < 1.29 is 4.74 Å². The van der Waals surface area contributed by atoms with E-state index in [1.807, 2.05) is 64.6 Å². The minimum absolute atomic E-state index is 0.107. The first-order chi connectivity index (χ1) is 12.3. The molecule has 1 atom stereocenters. The summed E-state index contributed by atoms with van der Waals surface area (Å²) in [6.45, 7) is 0.552. The molecule has 4 aromatic rings. The van der Waals surface area contributed by atoms with Crippen molar-refractivity contribution in [2.75, 3.05) is 0 Å². The van der Waals surface area contributed by atoms with Gasteiger partial charge in [-0.1, -0.05) is 42.5 Å². The molecule has 1 unspecified atom stereocenters. The van der Waals surface area contributed by atoms with Gasteiger partial charge in [0, 0.05) is 30.2 Å². The maximum atomic E-state index is 6.39. The topological polar surface area (TPSA) is 52.5 Å². The molecule has 0 radical (unpaired) electrons. The molecule has 2 N–H and O–H groups in total. The zero-order valence-corrected chi connectivity index (χ0v) is 14.5. The molecule has 2 heterocycles. The molecule has 4 rings (SSSR count). The van der Waals surface area contributed by atoms with E-state index in [2.05, 4.69) is 17.1 Å². The van der Waals surface area contributed by atoms with Gasteiger partial charge in [-0.3, -0.25) is 4.40 Å². The lowest BCUT2D eigenvalue weighted by atomic mass is 10.0. The van der Waals surface area contributed by atoms with Crippen molar-refractivity contribution in [3.8, 4) is 5.75 Å². The summed E-state index contributed by atoms with van der Waals surface area (Å²) in [6.07, 6.45) is 4.76. The van der Waals surface area contributed by atoms with Crippen LogP contribution < -0.4 is 10.5 Å². The predicted molar refractivity (Wildman–Crippen MR) is 101 cm³/mol.